The predicted octanol–water partition coefficient (Wildman–Crippen LogP) is 3.10. The second kappa shape index (κ2) is 8.39. The number of benzene rings is 2. The quantitative estimate of drug-likeness (QED) is 0.586. The third-order valence-corrected chi connectivity index (χ3v) is 5.59. The van der Waals surface area contributed by atoms with Crippen LogP contribution in [0.5, 0.6) is 11.5 Å². The van der Waals surface area contributed by atoms with E-state index in [2.05, 4.69) is 30.2 Å². The van der Waals surface area contributed by atoms with Crippen molar-refractivity contribution in [2.75, 3.05) is 29.9 Å². The minimum atomic E-state index is -4.76. The van der Waals surface area contributed by atoms with E-state index in [9.17, 15) is 18.0 Å². The number of carbonyl (C=O) groups excluding carboxylic acids is 1. The number of anilines is 2. The van der Waals surface area contributed by atoms with E-state index in [1.54, 1.807) is 18.3 Å². The second-order valence-corrected chi connectivity index (χ2v) is 7.95. The van der Waals surface area contributed by atoms with Crippen molar-refractivity contribution in [3.63, 3.8) is 0 Å². The summed E-state index contributed by atoms with van der Waals surface area (Å²) in [6, 6.07) is 11.1. The van der Waals surface area contributed by atoms with Crippen molar-refractivity contribution in [3.8, 4) is 11.5 Å². The van der Waals surface area contributed by atoms with Gasteiger partial charge in [0.2, 0.25) is 5.95 Å². The van der Waals surface area contributed by atoms with Crippen LogP contribution in [0.2, 0.25) is 0 Å². The molecule has 0 spiro atoms. The molecule has 2 aromatic carbocycles. The fraction of sp³-hybridized carbons (Fsp3) is 0.318. The number of amides is 1. The largest absolute Gasteiger partial charge is 0.573 e. The first-order valence-electron chi connectivity index (χ1n) is 10.4. The van der Waals surface area contributed by atoms with Gasteiger partial charge in [-0.25, -0.2) is 9.97 Å². The number of alkyl halides is 3. The predicted molar refractivity (Wildman–Crippen MR) is 114 cm³/mol. The zero-order valence-corrected chi connectivity index (χ0v) is 17.3. The lowest BCUT2D eigenvalue weighted by Gasteiger charge is -2.27. The highest BCUT2D eigenvalue weighted by molar-refractivity contribution is 5.94. The summed E-state index contributed by atoms with van der Waals surface area (Å²) in [6.45, 7) is 1.55. The Balaban J connectivity index is 1.17. The van der Waals surface area contributed by atoms with Gasteiger partial charge in [-0.1, -0.05) is 0 Å². The molecule has 0 radical (unpaired) electrons. The number of ether oxygens (including phenoxy) is 2. The third-order valence-electron chi connectivity index (χ3n) is 5.59. The van der Waals surface area contributed by atoms with E-state index in [4.69, 9.17) is 4.74 Å². The van der Waals surface area contributed by atoms with E-state index in [1.165, 1.54) is 12.1 Å². The fourth-order valence-electron chi connectivity index (χ4n) is 4.13. The lowest BCUT2D eigenvalue weighted by atomic mass is 10.2. The van der Waals surface area contributed by atoms with Crippen LogP contribution in [0.1, 0.15) is 6.42 Å². The minimum absolute atomic E-state index is 0.241. The first kappa shape index (κ1) is 21.3. The molecule has 33 heavy (non-hydrogen) atoms. The van der Waals surface area contributed by atoms with Crippen LogP contribution in [0.25, 0.3) is 10.9 Å². The number of hydrogen-bond acceptors (Lipinski definition) is 7. The van der Waals surface area contributed by atoms with Gasteiger partial charge in [-0.2, -0.15) is 0 Å². The maximum absolute atomic E-state index is 12.2. The number of halogens is 3. The van der Waals surface area contributed by atoms with Gasteiger partial charge in [0.15, 0.2) is 6.61 Å². The number of piperazine rings is 1. The van der Waals surface area contributed by atoms with Crippen molar-refractivity contribution in [1.29, 1.82) is 0 Å². The highest BCUT2D eigenvalue weighted by atomic mass is 19.4. The first-order chi connectivity index (χ1) is 15.8. The Morgan fingerprint density at radius 3 is 2.67 bits per heavy atom. The number of aromatic nitrogens is 2. The van der Waals surface area contributed by atoms with Gasteiger partial charge in [0, 0.05) is 42.4 Å². The summed E-state index contributed by atoms with van der Waals surface area (Å²) in [4.78, 5) is 23.6. The minimum Gasteiger partial charge on any atom is -0.484 e. The molecule has 2 fully saturated rings. The van der Waals surface area contributed by atoms with Crippen molar-refractivity contribution in [2.45, 2.75) is 24.9 Å². The van der Waals surface area contributed by atoms with Crippen LogP contribution in [0.3, 0.4) is 0 Å². The van der Waals surface area contributed by atoms with E-state index in [-0.39, 0.29) is 18.1 Å². The van der Waals surface area contributed by atoms with Gasteiger partial charge < -0.3 is 25.0 Å². The number of carbonyl (C=O) groups is 1. The molecule has 0 saturated carbocycles. The highest BCUT2D eigenvalue weighted by Gasteiger charge is 2.38. The standard InChI is InChI=1S/C22H20F3N5O3/c23-22(24,25)33-18-4-2-17(3-5-18)32-12-20(31)28-14-1-6-19-13(7-14)9-27-21(29-19)30-11-15-8-16(30)10-26-15/h1-7,9,15-16,26H,8,10-12H2,(H,28,31). The molecule has 2 aliphatic rings. The Morgan fingerprint density at radius 2 is 1.97 bits per heavy atom. The Bertz CT molecular complexity index is 1170. The number of rotatable bonds is 6. The Hall–Kier alpha value is -3.60. The molecule has 11 heteroatoms. The molecule has 2 unspecified atom stereocenters. The molecule has 2 N–H and O–H groups in total. The topological polar surface area (TPSA) is 88.6 Å². The summed E-state index contributed by atoms with van der Waals surface area (Å²) in [7, 11) is 0. The molecule has 5 rings (SSSR count). The number of nitrogens with one attached hydrogen (secondary N) is 2. The van der Waals surface area contributed by atoms with Gasteiger partial charge in [0.25, 0.3) is 5.91 Å². The van der Waals surface area contributed by atoms with Crippen LogP contribution in [-0.4, -0.2) is 54.0 Å². The summed E-state index contributed by atoms with van der Waals surface area (Å²) < 4.78 is 45.7. The molecule has 8 nitrogen and oxygen atoms in total. The Labute approximate surface area is 186 Å². The summed E-state index contributed by atoms with van der Waals surface area (Å²) in [5.41, 5.74) is 1.34. The van der Waals surface area contributed by atoms with E-state index in [0.717, 1.165) is 42.5 Å². The normalized spacial score (nSPS) is 19.7. The van der Waals surface area contributed by atoms with Crippen LogP contribution in [0.4, 0.5) is 24.8 Å². The van der Waals surface area contributed by atoms with Crippen molar-refractivity contribution >= 4 is 28.4 Å². The molecule has 2 atom stereocenters. The van der Waals surface area contributed by atoms with Crippen molar-refractivity contribution in [2.24, 2.45) is 0 Å². The number of nitrogens with zero attached hydrogens (tertiary/aromatic N) is 3. The fourth-order valence-corrected chi connectivity index (χ4v) is 4.13. The van der Waals surface area contributed by atoms with E-state index >= 15 is 0 Å². The zero-order valence-electron chi connectivity index (χ0n) is 17.3. The smallest absolute Gasteiger partial charge is 0.484 e. The van der Waals surface area contributed by atoms with Gasteiger partial charge >= 0.3 is 6.36 Å². The third kappa shape index (κ3) is 4.92. The zero-order chi connectivity index (χ0) is 23.0. The first-order valence-corrected chi connectivity index (χ1v) is 10.4. The molecule has 1 aromatic heterocycles. The summed E-state index contributed by atoms with van der Waals surface area (Å²) >= 11 is 0. The van der Waals surface area contributed by atoms with E-state index in [1.807, 2.05) is 6.07 Å². The molecular weight excluding hydrogens is 439 g/mol. The molecule has 2 bridgehead atoms. The molecule has 0 aliphatic carbocycles. The Morgan fingerprint density at radius 1 is 1.18 bits per heavy atom. The van der Waals surface area contributed by atoms with Gasteiger partial charge in [-0.3, -0.25) is 4.79 Å². The molecule has 3 aromatic rings. The molecule has 172 valence electrons. The molecular formula is C22H20F3N5O3. The molecule has 3 heterocycles. The molecule has 1 amide bonds. The Kier molecular flexibility index (Phi) is 5.41. The lowest BCUT2D eigenvalue weighted by Crippen LogP contribution is -2.44. The van der Waals surface area contributed by atoms with Crippen LogP contribution < -0.4 is 25.0 Å². The van der Waals surface area contributed by atoms with Crippen molar-refractivity contribution in [3.05, 3.63) is 48.7 Å². The van der Waals surface area contributed by atoms with E-state index < -0.39 is 12.3 Å². The van der Waals surface area contributed by atoms with Crippen LogP contribution in [0.15, 0.2) is 48.7 Å². The average Bonchev–Trinajstić information content (AvgIpc) is 3.41. The summed E-state index contributed by atoms with van der Waals surface area (Å²) in [5.74, 6) is 0.177. The van der Waals surface area contributed by atoms with Crippen molar-refractivity contribution in [1.82, 2.24) is 15.3 Å². The SMILES string of the molecule is O=C(COc1ccc(OC(F)(F)F)cc1)Nc1ccc2nc(N3CC4CC3CN4)ncc2c1. The summed E-state index contributed by atoms with van der Waals surface area (Å²) in [6.07, 6.45) is -1.91. The van der Waals surface area contributed by atoms with Crippen molar-refractivity contribution < 1.29 is 27.4 Å². The van der Waals surface area contributed by atoms with Gasteiger partial charge in [-0.15, -0.1) is 13.2 Å². The summed E-state index contributed by atoms with van der Waals surface area (Å²) in [5, 5.41) is 6.97. The van der Waals surface area contributed by atoms with Gasteiger partial charge in [-0.05, 0) is 48.9 Å². The lowest BCUT2D eigenvalue weighted by molar-refractivity contribution is -0.274. The van der Waals surface area contributed by atoms with Crippen LogP contribution >= 0.6 is 0 Å². The number of fused-ring (bicyclic) bond motifs is 3. The van der Waals surface area contributed by atoms with Gasteiger partial charge in [0.1, 0.15) is 11.5 Å². The van der Waals surface area contributed by atoms with Crippen LogP contribution in [-0.2, 0) is 4.79 Å². The maximum Gasteiger partial charge on any atom is 0.573 e. The average molecular weight is 459 g/mol. The molecule has 2 saturated heterocycles. The molecule has 2 aliphatic heterocycles. The monoisotopic (exact) mass is 459 g/mol. The van der Waals surface area contributed by atoms with Gasteiger partial charge in [0.05, 0.1) is 5.52 Å². The second-order valence-electron chi connectivity index (χ2n) is 7.95. The van der Waals surface area contributed by atoms with Crippen LogP contribution in [0, 0.1) is 0 Å². The number of hydrogen-bond donors (Lipinski definition) is 2. The highest BCUT2D eigenvalue weighted by Crippen LogP contribution is 2.28. The maximum atomic E-state index is 12.2. The van der Waals surface area contributed by atoms with E-state index in [0.29, 0.717) is 23.7 Å².